The summed E-state index contributed by atoms with van der Waals surface area (Å²) in [5, 5.41) is 34.4. The number of fused-ring (bicyclic) bond motifs is 6. The summed E-state index contributed by atoms with van der Waals surface area (Å²) in [6.45, 7) is 53.7. The largest absolute Gasteiger partial charge is 0.509 e. The first-order valence-corrected chi connectivity index (χ1v) is 47.8. The fourth-order valence-corrected chi connectivity index (χ4v) is 16.5. The summed E-state index contributed by atoms with van der Waals surface area (Å²) in [7, 11) is 0. The van der Waals surface area contributed by atoms with Gasteiger partial charge in [0, 0.05) is 97.6 Å². The van der Waals surface area contributed by atoms with Gasteiger partial charge in [-0.25, -0.2) is 28.8 Å². The number of amides is 2. The SMILES string of the molecule is CC(C)(C)NC(=O)OC1/C=C/C(O)CC2OCOC2C1.CC(C)(C)NC(=O)OC1/C=C/C(OC(C)(C)C)CC2OCOC2C1.CC(C)(C)OC(=O)OC1/C=C/C(O)CC2OCOC2C1.CC(C)(C)OC(=O)OC1/C=C/C(OC(C)(C)C)CC2OCOC2C1.CC(C)(C)OC1/C=C/C(OC(=O)SC(C)(C)C)CC2OCOC2C1.CC(C)(C)SC(=O)OC1/C=C/C(O)CC2OCOC2C1. The molecule has 132 heavy (non-hydrogen) atoms. The van der Waals surface area contributed by atoms with Crippen LogP contribution in [0.2, 0.25) is 0 Å². The molecular weight excluding hydrogens is 1760 g/mol. The van der Waals surface area contributed by atoms with Crippen LogP contribution in [0.5, 0.6) is 0 Å². The minimum absolute atomic E-state index is 0.0289. The molecule has 34 nitrogen and oxygen atoms in total. The zero-order valence-corrected chi connectivity index (χ0v) is 84.6. The quantitative estimate of drug-likeness (QED) is 0.0813. The number of alkyl carbamates (subject to hydrolysis) is 2. The Bertz CT molecular complexity index is 3360. The van der Waals surface area contributed by atoms with Crippen molar-refractivity contribution < 1.29 is 153 Å². The maximum absolute atomic E-state index is 12.1. The standard InChI is InChI=1S/C18H31NO5.C18H30O6.C18H30O5S.C14H23NO5.C14H22O6.C14H22O5S/c1-17(2,3)19-16(20)23-12-7-8-13(24-18(4,5)6)10-15-14(9-12)21-11-22-15;2*1-17(2,3)23-13-8-7-12(22-16(19)24-18(4,5)6)9-14-15(10-13)21-11-20-14;1-14(2,3)15-13(17)20-10-5-4-9(16)6-11-12(7-10)19-8-18-11;2*1-14(2,3)20-13(16)19-10-5-4-9(15)6-11-12(7-10)18-8-17-11/h7-8,12-15H,9-11H2,1-6H3,(H,19,20);2*7-8,12-15H,9-11H2,1-6H3;4-5,9-12,16H,6-8H2,1-3H3,(H,15,17);2*4-5,9-12,15H,6-8H2,1-3H3/b3*8-7+;3*5-4+. The smallest absolute Gasteiger partial charge is 0.450 e. The molecule has 24 atom stereocenters. The molecule has 0 spiro atoms. The zero-order chi connectivity index (χ0) is 98.1. The van der Waals surface area contributed by atoms with E-state index in [0.717, 1.165) is 31.0 Å². The summed E-state index contributed by atoms with van der Waals surface area (Å²) in [4.78, 5) is 71.5. The number of thioether (sulfide) groups is 2. The van der Waals surface area contributed by atoms with Crippen LogP contribution in [0.4, 0.5) is 28.8 Å². The number of aliphatic hydroxyl groups excluding tert-OH is 3. The molecule has 36 heteroatoms. The lowest BCUT2D eigenvalue weighted by molar-refractivity contribution is -0.0640. The summed E-state index contributed by atoms with van der Waals surface area (Å²) < 4.78 is 128. The number of rotatable bonds is 9. The normalized spacial score (nSPS) is 33.9. The monoisotopic (exact) mass is 1920 g/mol. The van der Waals surface area contributed by atoms with Crippen LogP contribution < -0.4 is 10.6 Å². The minimum atomic E-state index is -0.724. The Balaban J connectivity index is 0.000000217. The van der Waals surface area contributed by atoms with E-state index in [2.05, 4.69) is 10.6 Å². The van der Waals surface area contributed by atoms with Crippen LogP contribution in [0.3, 0.4) is 0 Å². The van der Waals surface area contributed by atoms with Gasteiger partial charge in [-0.05, 0) is 205 Å². The van der Waals surface area contributed by atoms with Crippen molar-refractivity contribution in [1.29, 1.82) is 0 Å². The third-order valence-corrected chi connectivity index (χ3v) is 22.0. The summed E-state index contributed by atoms with van der Waals surface area (Å²) in [6, 6.07) is 0. The fraction of sp³-hybridized carbons (Fsp3) is 0.812. The number of ether oxygens (including phenoxy) is 23. The first-order chi connectivity index (χ1) is 61.0. The second-order valence-corrected chi connectivity index (χ2v) is 47.0. The van der Waals surface area contributed by atoms with Gasteiger partial charge < -0.3 is 135 Å². The molecule has 0 aromatic carbocycles. The van der Waals surface area contributed by atoms with Gasteiger partial charge in [0.05, 0.1) is 127 Å². The maximum Gasteiger partial charge on any atom is 0.509 e. The Kier molecular flexibility index (Phi) is 43.7. The highest BCUT2D eigenvalue weighted by atomic mass is 32.2. The first-order valence-electron chi connectivity index (χ1n) is 46.2. The van der Waals surface area contributed by atoms with Crippen molar-refractivity contribution in [1.82, 2.24) is 10.6 Å². The third-order valence-electron chi connectivity index (χ3n) is 20.3. The van der Waals surface area contributed by atoms with Crippen LogP contribution in [-0.4, -0.2) is 286 Å². The molecule has 0 bridgehead atoms. The Morgan fingerprint density at radius 2 is 0.432 bits per heavy atom. The highest BCUT2D eigenvalue weighted by Crippen LogP contribution is 2.37. The van der Waals surface area contributed by atoms with Crippen LogP contribution in [0.15, 0.2) is 72.9 Å². The van der Waals surface area contributed by atoms with Gasteiger partial charge in [0.15, 0.2) is 0 Å². The van der Waals surface area contributed by atoms with E-state index in [1.807, 2.05) is 182 Å². The number of aliphatic hydroxyl groups is 3. The zero-order valence-electron chi connectivity index (χ0n) is 83.0. The van der Waals surface area contributed by atoms with Crippen molar-refractivity contribution in [2.75, 3.05) is 40.8 Å². The van der Waals surface area contributed by atoms with Crippen molar-refractivity contribution in [3.05, 3.63) is 72.9 Å². The molecule has 6 aliphatic heterocycles. The van der Waals surface area contributed by atoms with E-state index in [1.165, 1.54) is 11.8 Å². The number of carbonyl (C=O) groups excluding carboxylic acids is 6. The predicted molar refractivity (Wildman–Crippen MR) is 494 cm³/mol. The summed E-state index contributed by atoms with van der Waals surface area (Å²) in [6.07, 6.45) is 20.5. The average molecular weight is 1920 g/mol. The van der Waals surface area contributed by atoms with Crippen LogP contribution in [0, 0.1) is 0 Å². The molecule has 0 aromatic heterocycles. The summed E-state index contributed by atoms with van der Waals surface area (Å²) in [5.74, 6) is 0. The summed E-state index contributed by atoms with van der Waals surface area (Å²) >= 11 is 2.36. The number of hydrogen-bond donors (Lipinski definition) is 5. The molecule has 6 aliphatic carbocycles. The van der Waals surface area contributed by atoms with Crippen molar-refractivity contribution in [3.63, 3.8) is 0 Å². The van der Waals surface area contributed by atoms with Gasteiger partial charge >= 0.3 is 35.1 Å². The van der Waals surface area contributed by atoms with Crippen LogP contribution >= 0.6 is 23.5 Å². The Morgan fingerprint density at radius 1 is 0.250 bits per heavy atom. The average Bonchev–Trinajstić information content (AvgIpc) is 1.65. The van der Waals surface area contributed by atoms with Gasteiger partial charge in [0.1, 0.15) is 88.6 Å². The van der Waals surface area contributed by atoms with Crippen molar-refractivity contribution in [3.8, 4) is 0 Å². The number of carbonyl (C=O) groups is 6. The predicted octanol–water partition coefficient (Wildman–Crippen LogP) is 16.6. The van der Waals surface area contributed by atoms with E-state index in [9.17, 15) is 44.1 Å². The van der Waals surface area contributed by atoms with Gasteiger partial charge in [-0.2, -0.15) is 0 Å². The van der Waals surface area contributed by atoms with Crippen molar-refractivity contribution >= 4 is 58.6 Å². The molecule has 6 fully saturated rings. The molecule has 2 amide bonds. The van der Waals surface area contributed by atoms with E-state index < -0.39 is 72.3 Å². The minimum Gasteiger partial charge on any atom is -0.450 e. The van der Waals surface area contributed by atoms with Gasteiger partial charge in [-0.1, -0.05) is 78.0 Å². The van der Waals surface area contributed by atoms with Gasteiger partial charge in [-0.3, -0.25) is 0 Å². The Labute approximate surface area is 791 Å². The molecule has 0 radical (unpaired) electrons. The fourth-order valence-electron chi connectivity index (χ4n) is 15.1. The second-order valence-electron chi connectivity index (χ2n) is 43.4. The van der Waals surface area contributed by atoms with Gasteiger partial charge in [0.2, 0.25) is 0 Å². The molecule has 6 heterocycles. The maximum atomic E-state index is 12.1. The molecule has 0 saturated carbocycles. The topological polar surface area (TPSA) is 399 Å². The van der Waals surface area contributed by atoms with Crippen molar-refractivity contribution in [2.45, 2.75) is 459 Å². The van der Waals surface area contributed by atoms with Crippen LogP contribution in [0.1, 0.15) is 264 Å². The molecule has 24 unspecified atom stereocenters. The molecular formula is C96H158N2O32S2. The highest BCUT2D eigenvalue weighted by Gasteiger charge is 2.44. The molecule has 12 aliphatic rings. The van der Waals surface area contributed by atoms with E-state index in [0.29, 0.717) is 57.8 Å². The molecule has 5 N–H and O–H groups in total. The third kappa shape index (κ3) is 46.7. The lowest BCUT2D eigenvalue weighted by Gasteiger charge is -2.31. The van der Waals surface area contributed by atoms with Gasteiger partial charge in [-0.15, -0.1) is 0 Å². The number of nitrogens with one attached hydrogen (secondary N) is 2. The highest BCUT2D eigenvalue weighted by molar-refractivity contribution is 8.14. The van der Waals surface area contributed by atoms with Gasteiger partial charge in [0.25, 0.3) is 0 Å². The molecule has 6 saturated heterocycles. The number of hydrogen-bond acceptors (Lipinski definition) is 34. The van der Waals surface area contributed by atoms with E-state index >= 15 is 0 Å². The molecule has 756 valence electrons. The molecule has 0 aromatic rings. The van der Waals surface area contributed by atoms with E-state index in [4.69, 9.17) is 109 Å². The van der Waals surface area contributed by atoms with Crippen LogP contribution in [-0.2, 0) is 109 Å². The first kappa shape index (κ1) is 113. The Hall–Kier alpha value is -5.56. The lowest BCUT2D eigenvalue weighted by Crippen LogP contribution is -2.43. The second kappa shape index (κ2) is 50.9. The molecule has 12 rings (SSSR count). The summed E-state index contributed by atoms with van der Waals surface area (Å²) in [5.41, 5.74) is -2.66. The van der Waals surface area contributed by atoms with Crippen LogP contribution in [0.25, 0.3) is 0 Å². The van der Waals surface area contributed by atoms with E-state index in [1.54, 1.807) is 78.0 Å². The Morgan fingerprint density at radius 3 is 0.629 bits per heavy atom. The van der Waals surface area contributed by atoms with E-state index in [-0.39, 0.29) is 199 Å². The van der Waals surface area contributed by atoms with Crippen molar-refractivity contribution in [2.24, 2.45) is 0 Å². The lowest BCUT2D eigenvalue weighted by atomic mass is 9.96.